The lowest BCUT2D eigenvalue weighted by molar-refractivity contribution is 0.0752. The van der Waals surface area contributed by atoms with Gasteiger partial charge in [0.15, 0.2) is 0 Å². The molecule has 1 aromatic carbocycles. The van der Waals surface area contributed by atoms with Gasteiger partial charge in [0.1, 0.15) is 5.75 Å². The number of aromatic nitrogens is 1. The molecule has 22 heavy (non-hydrogen) atoms. The smallest absolute Gasteiger partial charge is 0.254 e. The summed E-state index contributed by atoms with van der Waals surface area (Å²) in [5, 5.41) is 0. The van der Waals surface area contributed by atoms with Gasteiger partial charge in [0, 0.05) is 38.0 Å². The summed E-state index contributed by atoms with van der Waals surface area (Å²) in [5.74, 6) is 0.640. The zero-order chi connectivity index (χ0) is 16.1. The number of benzene rings is 1. The lowest BCUT2D eigenvalue weighted by Crippen LogP contribution is -2.31. The molecule has 0 saturated carbocycles. The van der Waals surface area contributed by atoms with E-state index in [0.717, 1.165) is 11.3 Å². The molecule has 0 atom stereocenters. The molecule has 0 spiro atoms. The predicted molar refractivity (Wildman–Crippen MR) is 85.1 cm³/mol. The summed E-state index contributed by atoms with van der Waals surface area (Å²) in [6.45, 7) is 2.98. The topological polar surface area (TPSA) is 51.5 Å². The molecule has 0 bridgehead atoms. The van der Waals surface area contributed by atoms with Gasteiger partial charge in [-0.25, -0.2) is 0 Å². The van der Waals surface area contributed by atoms with Crippen LogP contribution in [-0.2, 0) is 13.6 Å². The van der Waals surface area contributed by atoms with Crippen molar-refractivity contribution in [3.05, 3.63) is 64.1 Å². The number of nitrogens with zero attached hydrogens (tertiary/aromatic N) is 2. The van der Waals surface area contributed by atoms with E-state index in [9.17, 15) is 9.59 Å². The van der Waals surface area contributed by atoms with Crippen LogP contribution in [0.3, 0.4) is 0 Å². The van der Waals surface area contributed by atoms with Gasteiger partial charge in [-0.15, -0.1) is 0 Å². The van der Waals surface area contributed by atoms with Crippen LogP contribution in [0.2, 0.25) is 0 Å². The van der Waals surface area contributed by atoms with Crippen LogP contribution >= 0.6 is 0 Å². The number of carbonyl (C=O) groups excluding carboxylic acids is 1. The maximum absolute atomic E-state index is 12.5. The first-order chi connectivity index (χ1) is 10.5. The largest absolute Gasteiger partial charge is 0.497 e. The van der Waals surface area contributed by atoms with Gasteiger partial charge in [-0.3, -0.25) is 9.59 Å². The molecule has 1 aromatic heterocycles. The number of rotatable bonds is 5. The van der Waals surface area contributed by atoms with Gasteiger partial charge in [-0.2, -0.15) is 0 Å². The van der Waals surface area contributed by atoms with Crippen LogP contribution in [0, 0.1) is 0 Å². The second-order valence-electron chi connectivity index (χ2n) is 5.03. The van der Waals surface area contributed by atoms with Gasteiger partial charge >= 0.3 is 0 Å². The van der Waals surface area contributed by atoms with Crippen molar-refractivity contribution >= 4 is 5.91 Å². The van der Waals surface area contributed by atoms with Crippen LogP contribution in [0.1, 0.15) is 22.8 Å². The van der Waals surface area contributed by atoms with E-state index in [4.69, 9.17) is 4.74 Å². The minimum absolute atomic E-state index is 0.143. The van der Waals surface area contributed by atoms with Crippen LogP contribution in [0.4, 0.5) is 0 Å². The summed E-state index contributed by atoms with van der Waals surface area (Å²) >= 11 is 0. The maximum atomic E-state index is 12.5. The van der Waals surface area contributed by atoms with Crippen LogP contribution in [0.15, 0.2) is 47.4 Å². The molecule has 0 radical (unpaired) electrons. The number of carbonyl (C=O) groups is 1. The second kappa shape index (κ2) is 6.93. The standard InChI is InChI=1S/C17H20N2O3/c1-4-19(12-13-5-7-15(22-3)8-6-13)17(21)14-9-10-18(2)16(20)11-14/h5-11H,4,12H2,1-3H3. The summed E-state index contributed by atoms with van der Waals surface area (Å²) in [6.07, 6.45) is 1.61. The number of pyridine rings is 1. The number of aryl methyl sites for hydroxylation is 1. The van der Waals surface area contributed by atoms with E-state index in [-0.39, 0.29) is 11.5 Å². The van der Waals surface area contributed by atoms with Crippen molar-refractivity contribution in [1.29, 1.82) is 0 Å². The summed E-state index contributed by atoms with van der Waals surface area (Å²) in [4.78, 5) is 25.9. The molecule has 0 fully saturated rings. The van der Waals surface area contributed by atoms with Crippen molar-refractivity contribution in [2.24, 2.45) is 7.05 Å². The Bertz CT molecular complexity index is 705. The molecule has 0 saturated heterocycles. The van der Waals surface area contributed by atoms with E-state index in [1.54, 1.807) is 31.3 Å². The van der Waals surface area contributed by atoms with Gasteiger partial charge < -0.3 is 14.2 Å². The number of hydrogen-bond acceptors (Lipinski definition) is 3. The predicted octanol–water partition coefficient (Wildman–Crippen LogP) is 2.06. The average molecular weight is 300 g/mol. The van der Waals surface area contributed by atoms with Crippen molar-refractivity contribution in [3.63, 3.8) is 0 Å². The van der Waals surface area contributed by atoms with Crippen LogP contribution in [-0.4, -0.2) is 29.0 Å². The minimum atomic E-state index is -0.189. The first-order valence-electron chi connectivity index (χ1n) is 7.14. The van der Waals surface area contributed by atoms with Crippen molar-refractivity contribution in [3.8, 4) is 5.75 Å². The molecule has 0 aliphatic carbocycles. The fourth-order valence-electron chi connectivity index (χ4n) is 2.14. The maximum Gasteiger partial charge on any atom is 0.254 e. The van der Waals surface area contributed by atoms with Crippen molar-refractivity contribution < 1.29 is 9.53 Å². The number of hydrogen-bond donors (Lipinski definition) is 0. The second-order valence-corrected chi connectivity index (χ2v) is 5.03. The quantitative estimate of drug-likeness (QED) is 0.849. The molecule has 116 valence electrons. The SMILES string of the molecule is CCN(Cc1ccc(OC)cc1)C(=O)c1ccn(C)c(=O)c1. The first kappa shape index (κ1) is 15.8. The molecule has 5 heteroatoms. The number of methoxy groups -OCH3 is 1. The third-order valence-electron chi connectivity index (χ3n) is 3.55. The van der Waals surface area contributed by atoms with E-state index in [1.165, 1.54) is 10.6 Å². The van der Waals surface area contributed by atoms with E-state index >= 15 is 0 Å². The lowest BCUT2D eigenvalue weighted by Gasteiger charge is -2.21. The molecular weight excluding hydrogens is 280 g/mol. The molecule has 5 nitrogen and oxygen atoms in total. The molecule has 2 rings (SSSR count). The Hall–Kier alpha value is -2.56. The highest BCUT2D eigenvalue weighted by atomic mass is 16.5. The Balaban J connectivity index is 2.17. The van der Waals surface area contributed by atoms with Crippen LogP contribution in [0.5, 0.6) is 5.75 Å². The van der Waals surface area contributed by atoms with Crippen LogP contribution in [0.25, 0.3) is 0 Å². The molecule has 1 amide bonds. The van der Waals surface area contributed by atoms with Gasteiger partial charge in [-0.05, 0) is 30.7 Å². The molecule has 0 unspecified atom stereocenters. The monoisotopic (exact) mass is 300 g/mol. The zero-order valence-electron chi connectivity index (χ0n) is 13.1. The zero-order valence-corrected chi connectivity index (χ0v) is 13.1. The Labute approximate surface area is 129 Å². The van der Waals surface area contributed by atoms with Crippen LogP contribution < -0.4 is 10.3 Å². The molecule has 0 aliphatic rings. The van der Waals surface area contributed by atoms with E-state index in [2.05, 4.69) is 0 Å². The summed E-state index contributed by atoms with van der Waals surface area (Å²) < 4.78 is 6.57. The van der Waals surface area contributed by atoms with Gasteiger partial charge in [0.25, 0.3) is 11.5 Å². The Morgan fingerprint density at radius 1 is 1.23 bits per heavy atom. The summed E-state index contributed by atoms with van der Waals surface area (Å²) in [6, 6.07) is 10.6. The normalized spacial score (nSPS) is 10.3. The summed E-state index contributed by atoms with van der Waals surface area (Å²) in [5.41, 5.74) is 1.24. The third kappa shape index (κ3) is 3.55. The fraction of sp³-hybridized carbons (Fsp3) is 0.294. The van der Waals surface area contributed by atoms with E-state index in [0.29, 0.717) is 18.7 Å². The third-order valence-corrected chi connectivity index (χ3v) is 3.55. The molecule has 2 aromatic rings. The number of ether oxygens (including phenoxy) is 1. The van der Waals surface area contributed by atoms with E-state index < -0.39 is 0 Å². The molecule has 0 N–H and O–H groups in total. The highest BCUT2D eigenvalue weighted by Gasteiger charge is 2.15. The summed E-state index contributed by atoms with van der Waals surface area (Å²) in [7, 11) is 3.28. The van der Waals surface area contributed by atoms with Crippen molar-refractivity contribution in [1.82, 2.24) is 9.47 Å². The van der Waals surface area contributed by atoms with Crippen molar-refractivity contribution in [2.45, 2.75) is 13.5 Å². The first-order valence-corrected chi connectivity index (χ1v) is 7.14. The number of amides is 1. The van der Waals surface area contributed by atoms with Crippen molar-refractivity contribution in [2.75, 3.05) is 13.7 Å². The Morgan fingerprint density at radius 3 is 2.45 bits per heavy atom. The average Bonchev–Trinajstić information content (AvgIpc) is 2.55. The van der Waals surface area contributed by atoms with E-state index in [1.807, 2.05) is 31.2 Å². The molecule has 1 heterocycles. The van der Waals surface area contributed by atoms with Gasteiger partial charge in [-0.1, -0.05) is 12.1 Å². The fourth-order valence-corrected chi connectivity index (χ4v) is 2.14. The molecule has 0 aliphatic heterocycles. The Morgan fingerprint density at radius 2 is 1.91 bits per heavy atom. The Kier molecular flexibility index (Phi) is 4.99. The minimum Gasteiger partial charge on any atom is -0.497 e. The van der Waals surface area contributed by atoms with Gasteiger partial charge in [0.05, 0.1) is 7.11 Å². The highest BCUT2D eigenvalue weighted by molar-refractivity contribution is 5.94. The van der Waals surface area contributed by atoms with Gasteiger partial charge in [0.2, 0.25) is 0 Å². The molecular formula is C17H20N2O3. The lowest BCUT2D eigenvalue weighted by atomic mass is 10.1. The highest BCUT2D eigenvalue weighted by Crippen LogP contribution is 2.14.